The van der Waals surface area contributed by atoms with Crippen LogP contribution in [0.2, 0.25) is 5.02 Å². The minimum atomic E-state index is -4.51. The molecule has 1 aliphatic heterocycles. The molecule has 0 saturated carbocycles. The first kappa shape index (κ1) is 17.2. The molecule has 0 radical (unpaired) electrons. The maximum Gasteiger partial charge on any atom is 0.417 e. The van der Waals surface area contributed by atoms with Gasteiger partial charge in [0.05, 0.1) is 23.9 Å². The lowest BCUT2D eigenvalue weighted by atomic mass is 10.2. The predicted octanol–water partition coefficient (Wildman–Crippen LogP) is 3.94. The van der Waals surface area contributed by atoms with Gasteiger partial charge in [-0.15, -0.1) is 0 Å². The molecule has 2 heterocycles. The number of hydrogen-bond acceptors (Lipinski definition) is 6. The second kappa shape index (κ2) is 6.67. The Bertz CT molecular complexity index is 828. The molecule has 1 N–H and O–H groups in total. The van der Waals surface area contributed by atoms with Crippen LogP contribution in [0.15, 0.2) is 29.5 Å². The molecule has 0 atom stereocenters. The first-order valence-electron chi connectivity index (χ1n) is 6.88. The van der Waals surface area contributed by atoms with E-state index in [0.29, 0.717) is 29.0 Å². The summed E-state index contributed by atoms with van der Waals surface area (Å²) >= 11 is 5.79. The SMILES string of the molecule is COc1cc(/C=N\Nc2ncc(C(F)(F)F)cc2Cl)cc2c1OCO2. The third-order valence-corrected chi connectivity index (χ3v) is 3.52. The van der Waals surface area contributed by atoms with Gasteiger partial charge in [0, 0.05) is 11.8 Å². The molecule has 2 aromatic rings. The molecule has 1 aliphatic rings. The van der Waals surface area contributed by atoms with Gasteiger partial charge in [0.1, 0.15) is 0 Å². The number of hydrazone groups is 1. The summed E-state index contributed by atoms with van der Waals surface area (Å²) < 4.78 is 53.5. The van der Waals surface area contributed by atoms with Crippen molar-refractivity contribution in [1.82, 2.24) is 4.98 Å². The van der Waals surface area contributed by atoms with Crippen LogP contribution < -0.4 is 19.6 Å². The number of nitrogens with one attached hydrogen (secondary N) is 1. The highest BCUT2D eigenvalue weighted by Crippen LogP contribution is 2.41. The lowest BCUT2D eigenvalue weighted by molar-refractivity contribution is -0.137. The highest BCUT2D eigenvalue weighted by Gasteiger charge is 2.31. The number of methoxy groups -OCH3 is 1. The number of halogens is 4. The van der Waals surface area contributed by atoms with Crippen LogP contribution in [0, 0.1) is 0 Å². The van der Waals surface area contributed by atoms with E-state index in [1.54, 1.807) is 12.1 Å². The maximum atomic E-state index is 12.6. The number of pyridine rings is 1. The van der Waals surface area contributed by atoms with E-state index in [0.717, 1.165) is 6.07 Å². The average Bonchev–Trinajstić information content (AvgIpc) is 3.03. The maximum absolute atomic E-state index is 12.6. The van der Waals surface area contributed by atoms with Crippen molar-refractivity contribution in [3.8, 4) is 17.2 Å². The second-order valence-electron chi connectivity index (χ2n) is 4.88. The van der Waals surface area contributed by atoms with E-state index in [9.17, 15) is 13.2 Å². The Labute approximate surface area is 145 Å². The monoisotopic (exact) mass is 373 g/mol. The van der Waals surface area contributed by atoms with Crippen LogP contribution in [0.5, 0.6) is 17.2 Å². The number of hydrogen-bond donors (Lipinski definition) is 1. The summed E-state index contributed by atoms with van der Waals surface area (Å²) in [7, 11) is 1.49. The fourth-order valence-corrected chi connectivity index (χ4v) is 2.28. The fraction of sp³-hybridized carbons (Fsp3) is 0.200. The van der Waals surface area contributed by atoms with Crippen molar-refractivity contribution in [2.45, 2.75) is 6.18 Å². The Hall–Kier alpha value is -2.68. The van der Waals surface area contributed by atoms with Crippen LogP contribution in [0.1, 0.15) is 11.1 Å². The largest absolute Gasteiger partial charge is 0.493 e. The Morgan fingerprint density at radius 3 is 2.80 bits per heavy atom. The molecule has 1 aromatic carbocycles. The molecule has 1 aromatic heterocycles. The standard InChI is InChI=1S/C15H11ClF3N3O3/c1-23-11-2-8(3-12-13(11)25-7-24-12)5-21-22-14-10(16)4-9(6-20-14)15(17,18)19/h2-6H,7H2,1H3,(H,20,22)/b21-5-. The summed E-state index contributed by atoms with van der Waals surface area (Å²) in [4.78, 5) is 3.62. The van der Waals surface area contributed by atoms with Gasteiger partial charge >= 0.3 is 6.18 Å². The van der Waals surface area contributed by atoms with E-state index < -0.39 is 11.7 Å². The van der Waals surface area contributed by atoms with E-state index in [1.807, 2.05) is 0 Å². The molecule has 10 heteroatoms. The third-order valence-electron chi connectivity index (χ3n) is 3.23. The first-order chi connectivity index (χ1) is 11.9. The van der Waals surface area contributed by atoms with Gasteiger partial charge in [0.15, 0.2) is 17.3 Å². The molecule has 0 unspecified atom stereocenters. The number of nitrogens with zero attached hydrogens (tertiary/aromatic N) is 2. The number of fused-ring (bicyclic) bond motifs is 1. The summed E-state index contributed by atoms with van der Waals surface area (Å²) in [5.41, 5.74) is 2.18. The lowest BCUT2D eigenvalue weighted by Crippen LogP contribution is -2.06. The molecule has 0 aliphatic carbocycles. The van der Waals surface area contributed by atoms with E-state index in [2.05, 4.69) is 15.5 Å². The zero-order valence-electron chi connectivity index (χ0n) is 12.7. The highest BCUT2D eigenvalue weighted by atomic mass is 35.5. The summed E-state index contributed by atoms with van der Waals surface area (Å²) in [6.07, 6.45) is -2.42. The quantitative estimate of drug-likeness (QED) is 0.649. The smallest absolute Gasteiger partial charge is 0.417 e. The molecule has 132 valence electrons. The lowest BCUT2D eigenvalue weighted by Gasteiger charge is -2.08. The average molecular weight is 374 g/mol. The zero-order valence-corrected chi connectivity index (χ0v) is 13.5. The Balaban J connectivity index is 1.76. The van der Waals surface area contributed by atoms with Crippen LogP contribution in [0.3, 0.4) is 0 Å². The molecule has 25 heavy (non-hydrogen) atoms. The van der Waals surface area contributed by atoms with E-state index in [4.69, 9.17) is 25.8 Å². The van der Waals surface area contributed by atoms with Gasteiger partial charge in [-0.25, -0.2) is 4.98 Å². The topological polar surface area (TPSA) is 65.0 Å². The Morgan fingerprint density at radius 1 is 1.32 bits per heavy atom. The highest BCUT2D eigenvalue weighted by molar-refractivity contribution is 6.32. The van der Waals surface area contributed by atoms with E-state index >= 15 is 0 Å². The van der Waals surface area contributed by atoms with Gasteiger partial charge in [-0.05, 0) is 18.2 Å². The van der Waals surface area contributed by atoms with Crippen LogP contribution in [0.25, 0.3) is 0 Å². The van der Waals surface area contributed by atoms with Crippen LogP contribution >= 0.6 is 11.6 Å². The van der Waals surface area contributed by atoms with E-state index in [1.165, 1.54) is 13.3 Å². The van der Waals surface area contributed by atoms with Gasteiger partial charge in [-0.2, -0.15) is 18.3 Å². The number of benzene rings is 1. The van der Waals surface area contributed by atoms with Crippen molar-refractivity contribution in [3.63, 3.8) is 0 Å². The van der Waals surface area contributed by atoms with Gasteiger partial charge in [-0.1, -0.05) is 11.6 Å². The van der Waals surface area contributed by atoms with Crippen molar-refractivity contribution in [2.75, 3.05) is 19.3 Å². The van der Waals surface area contributed by atoms with Crippen molar-refractivity contribution in [3.05, 3.63) is 40.5 Å². The molecule has 0 amide bonds. The number of alkyl halides is 3. The summed E-state index contributed by atoms with van der Waals surface area (Å²) in [5, 5.41) is 3.71. The van der Waals surface area contributed by atoms with Crippen molar-refractivity contribution in [2.24, 2.45) is 5.10 Å². The van der Waals surface area contributed by atoms with Gasteiger partial charge in [-0.3, -0.25) is 5.43 Å². The van der Waals surface area contributed by atoms with Crippen LogP contribution in [-0.4, -0.2) is 25.1 Å². The first-order valence-corrected chi connectivity index (χ1v) is 7.25. The summed E-state index contributed by atoms with van der Waals surface area (Å²) in [6, 6.07) is 4.12. The summed E-state index contributed by atoms with van der Waals surface area (Å²) in [5.74, 6) is 1.48. The number of anilines is 1. The third kappa shape index (κ3) is 3.71. The zero-order chi connectivity index (χ0) is 18.0. The minimum absolute atomic E-state index is 0.00127. The molecule has 0 saturated heterocycles. The van der Waals surface area contributed by atoms with Gasteiger partial charge < -0.3 is 14.2 Å². The molecule has 0 bridgehead atoms. The van der Waals surface area contributed by atoms with Gasteiger partial charge in [0.2, 0.25) is 12.5 Å². The number of rotatable bonds is 4. The molecular weight excluding hydrogens is 363 g/mol. The van der Waals surface area contributed by atoms with Crippen molar-refractivity contribution >= 4 is 23.6 Å². The van der Waals surface area contributed by atoms with Crippen molar-refractivity contribution < 1.29 is 27.4 Å². The number of aromatic nitrogens is 1. The molecular formula is C15H11ClF3N3O3. The predicted molar refractivity (Wildman–Crippen MR) is 84.6 cm³/mol. The summed E-state index contributed by atoms with van der Waals surface area (Å²) in [6.45, 7) is 0.0929. The molecule has 0 fully saturated rings. The Kier molecular flexibility index (Phi) is 4.58. The molecule has 3 rings (SSSR count). The van der Waals surface area contributed by atoms with Crippen LogP contribution in [0.4, 0.5) is 19.0 Å². The van der Waals surface area contributed by atoms with E-state index in [-0.39, 0.29) is 17.6 Å². The normalized spacial score (nSPS) is 13.3. The fourth-order valence-electron chi connectivity index (χ4n) is 2.07. The molecule has 0 spiro atoms. The van der Waals surface area contributed by atoms with Gasteiger partial charge in [0.25, 0.3) is 0 Å². The van der Waals surface area contributed by atoms with Crippen molar-refractivity contribution in [1.29, 1.82) is 0 Å². The second-order valence-corrected chi connectivity index (χ2v) is 5.29. The Morgan fingerprint density at radius 2 is 2.12 bits per heavy atom. The minimum Gasteiger partial charge on any atom is -0.493 e. The number of ether oxygens (including phenoxy) is 3. The molecule has 6 nitrogen and oxygen atoms in total. The van der Waals surface area contributed by atoms with Crippen LogP contribution in [-0.2, 0) is 6.18 Å².